The van der Waals surface area contributed by atoms with Gasteiger partial charge in [0.1, 0.15) is 0 Å². The van der Waals surface area contributed by atoms with Crippen molar-refractivity contribution in [3.05, 3.63) is 29.3 Å². The van der Waals surface area contributed by atoms with Crippen molar-refractivity contribution in [3.63, 3.8) is 0 Å². The zero-order valence-corrected chi connectivity index (χ0v) is 12.2. The van der Waals surface area contributed by atoms with Gasteiger partial charge < -0.3 is 9.90 Å². The first-order valence-electron chi connectivity index (χ1n) is 6.74. The molecule has 0 saturated heterocycles. The van der Waals surface area contributed by atoms with E-state index in [9.17, 15) is 18.3 Å². The second-order valence-electron chi connectivity index (χ2n) is 5.22. The Labute approximate surface area is 119 Å². The van der Waals surface area contributed by atoms with Gasteiger partial charge in [-0.15, -0.1) is 0 Å². The first kappa shape index (κ1) is 15.0. The molecule has 0 amide bonds. The van der Waals surface area contributed by atoms with Crippen molar-refractivity contribution in [2.45, 2.75) is 50.0 Å². The lowest BCUT2D eigenvalue weighted by Crippen LogP contribution is -2.36. The number of aryl methyl sites for hydroxylation is 1. The number of rotatable bonds is 4. The van der Waals surface area contributed by atoms with Gasteiger partial charge in [0.15, 0.2) is 0 Å². The van der Waals surface area contributed by atoms with Crippen LogP contribution in [0.5, 0.6) is 0 Å². The molecule has 1 aliphatic rings. The van der Waals surface area contributed by atoms with Gasteiger partial charge in [-0.05, 0) is 37.5 Å². The number of benzene rings is 1. The predicted octanol–water partition coefficient (Wildman–Crippen LogP) is 0.970. The summed E-state index contributed by atoms with van der Waals surface area (Å²) in [5.74, 6) is -1.36. The summed E-state index contributed by atoms with van der Waals surface area (Å²) in [5, 5.41) is 11.0. The number of hydrogen-bond acceptors (Lipinski definition) is 4. The van der Waals surface area contributed by atoms with Crippen molar-refractivity contribution in [3.8, 4) is 0 Å². The van der Waals surface area contributed by atoms with Crippen molar-refractivity contribution in [1.82, 2.24) is 4.72 Å². The van der Waals surface area contributed by atoms with E-state index < -0.39 is 16.0 Å². The van der Waals surface area contributed by atoms with E-state index in [1.807, 2.05) is 0 Å². The summed E-state index contributed by atoms with van der Waals surface area (Å²) in [6, 6.07) is 4.02. The summed E-state index contributed by atoms with van der Waals surface area (Å²) < 4.78 is 27.2. The standard InChI is InChI=1S/C14H19NO4S/c1-10-7-8-12(9-13(10)14(16)17)20(18,19)15-11-5-3-2-4-6-11/h7-9,11,15H,2-6H2,1H3,(H,16,17)/p-1. The molecule has 0 unspecified atom stereocenters. The molecular formula is C14H18NO4S-. The predicted molar refractivity (Wildman–Crippen MR) is 72.7 cm³/mol. The topological polar surface area (TPSA) is 86.3 Å². The van der Waals surface area contributed by atoms with E-state index >= 15 is 0 Å². The Bertz CT molecular complexity index is 604. The van der Waals surface area contributed by atoms with Crippen molar-refractivity contribution in [2.75, 3.05) is 0 Å². The number of sulfonamides is 1. The Morgan fingerprint density at radius 2 is 1.90 bits per heavy atom. The Morgan fingerprint density at radius 1 is 1.25 bits per heavy atom. The van der Waals surface area contributed by atoms with Crippen LogP contribution in [0.25, 0.3) is 0 Å². The molecular weight excluding hydrogens is 278 g/mol. The molecule has 110 valence electrons. The van der Waals surface area contributed by atoms with E-state index in [-0.39, 0.29) is 16.5 Å². The third kappa shape index (κ3) is 3.37. The van der Waals surface area contributed by atoms with Crippen molar-refractivity contribution in [1.29, 1.82) is 0 Å². The molecule has 5 nitrogen and oxygen atoms in total. The minimum absolute atomic E-state index is 0.0205. The quantitative estimate of drug-likeness (QED) is 0.897. The summed E-state index contributed by atoms with van der Waals surface area (Å²) >= 11 is 0. The minimum atomic E-state index is -3.67. The molecule has 20 heavy (non-hydrogen) atoms. The molecule has 1 N–H and O–H groups in total. The number of carboxylic acid groups (broad SMARTS) is 1. The van der Waals surface area contributed by atoms with Crippen LogP contribution in [0.3, 0.4) is 0 Å². The lowest BCUT2D eigenvalue weighted by Gasteiger charge is -2.22. The van der Waals surface area contributed by atoms with Gasteiger partial charge >= 0.3 is 0 Å². The van der Waals surface area contributed by atoms with Crippen molar-refractivity contribution >= 4 is 16.0 Å². The van der Waals surface area contributed by atoms with Crippen LogP contribution < -0.4 is 9.83 Å². The van der Waals surface area contributed by atoms with Crippen molar-refractivity contribution in [2.24, 2.45) is 0 Å². The first-order valence-corrected chi connectivity index (χ1v) is 8.23. The second kappa shape index (κ2) is 5.93. The van der Waals surface area contributed by atoms with Gasteiger partial charge in [0.2, 0.25) is 10.0 Å². The van der Waals surface area contributed by atoms with E-state index in [2.05, 4.69) is 4.72 Å². The van der Waals surface area contributed by atoms with Gasteiger partial charge in [0.05, 0.1) is 10.9 Å². The molecule has 0 aromatic heterocycles. The summed E-state index contributed by atoms with van der Waals surface area (Å²) in [6.07, 6.45) is 4.84. The van der Waals surface area contributed by atoms with Crippen LogP contribution in [-0.4, -0.2) is 20.4 Å². The molecule has 1 fully saturated rings. The van der Waals surface area contributed by atoms with Crippen LogP contribution in [-0.2, 0) is 10.0 Å². The summed E-state index contributed by atoms with van der Waals surface area (Å²) in [5.41, 5.74) is 0.401. The maximum absolute atomic E-state index is 12.3. The average molecular weight is 296 g/mol. The third-order valence-electron chi connectivity index (χ3n) is 3.67. The Morgan fingerprint density at radius 3 is 2.50 bits per heavy atom. The second-order valence-corrected chi connectivity index (χ2v) is 6.93. The molecule has 0 bridgehead atoms. The monoisotopic (exact) mass is 296 g/mol. The van der Waals surface area contributed by atoms with Crippen LogP contribution in [0, 0.1) is 6.92 Å². The number of carbonyl (C=O) groups is 1. The molecule has 2 rings (SSSR count). The molecule has 0 radical (unpaired) electrons. The molecule has 6 heteroatoms. The lowest BCUT2D eigenvalue weighted by atomic mass is 9.96. The number of carboxylic acids is 1. The average Bonchev–Trinajstić information content (AvgIpc) is 2.39. The maximum atomic E-state index is 12.3. The van der Waals surface area contributed by atoms with E-state index in [0.29, 0.717) is 5.56 Å². The third-order valence-corrected chi connectivity index (χ3v) is 5.18. The SMILES string of the molecule is Cc1ccc(S(=O)(=O)NC2CCCCC2)cc1C(=O)[O-]. The molecule has 0 aliphatic heterocycles. The van der Waals surface area contributed by atoms with Gasteiger partial charge in [0, 0.05) is 11.6 Å². The fourth-order valence-electron chi connectivity index (χ4n) is 2.50. The summed E-state index contributed by atoms with van der Waals surface area (Å²) in [7, 11) is -3.67. The zero-order chi connectivity index (χ0) is 14.8. The molecule has 0 atom stereocenters. The van der Waals surface area contributed by atoms with Crippen LogP contribution >= 0.6 is 0 Å². The highest BCUT2D eigenvalue weighted by Crippen LogP contribution is 2.21. The van der Waals surface area contributed by atoms with Crippen molar-refractivity contribution < 1.29 is 18.3 Å². The minimum Gasteiger partial charge on any atom is -0.545 e. The zero-order valence-electron chi connectivity index (χ0n) is 11.4. The molecule has 1 aromatic rings. The van der Waals surface area contributed by atoms with Gasteiger partial charge in [-0.3, -0.25) is 0 Å². The van der Waals surface area contributed by atoms with E-state index in [1.165, 1.54) is 12.1 Å². The summed E-state index contributed by atoms with van der Waals surface area (Å²) in [6.45, 7) is 1.61. The molecule has 1 aromatic carbocycles. The Balaban J connectivity index is 2.24. The van der Waals surface area contributed by atoms with E-state index in [4.69, 9.17) is 0 Å². The van der Waals surface area contributed by atoms with Gasteiger partial charge in [-0.1, -0.05) is 25.3 Å². The number of nitrogens with one attached hydrogen (secondary N) is 1. The maximum Gasteiger partial charge on any atom is 0.240 e. The highest BCUT2D eigenvalue weighted by atomic mass is 32.2. The normalized spacial score (nSPS) is 17.1. The van der Waals surface area contributed by atoms with Crippen LogP contribution in [0.15, 0.2) is 23.1 Å². The number of aromatic carboxylic acids is 1. The fraction of sp³-hybridized carbons (Fsp3) is 0.500. The number of carbonyl (C=O) groups excluding carboxylic acids is 1. The molecule has 1 saturated carbocycles. The molecule has 1 aliphatic carbocycles. The van der Waals surface area contributed by atoms with Gasteiger partial charge in [-0.25, -0.2) is 13.1 Å². The van der Waals surface area contributed by atoms with Crippen LogP contribution in [0.2, 0.25) is 0 Å². The van der Waals surface area contributed by atoms with Crippen LogP contribution in [0.4, 0.5) is 0 Å². The van der Waals surface area contributed by atoms with E-state index in [0.717, 1.165) is 38.2 Å². The van der Waals surface area contributed by atoms with Gasteiger partial charge in [-0.2, -0.15) is 0 Å². The number of hydrogen-bond donors (Lipinski definition) is 1. The highest BCUT2D eigenvalue weighted by molar-refractivity contribution is 7.89. The Kier molecular flexibility index (Phi) is 4.45. The van der Waals surface area contributed by atoms with Crippen LogP contribution in [0.1, 0.15) is 48.0 Å². The lowest BCUT2D eigenvalue weighted by molar-refractivity contribution is -0.255. The summed E-state index contributed by atoms with van der Waals surface area (Å²) in [4.78, 5) is 10.9. The molecule has 0 spiro atoms. The van der Waals surface area contributed by atoms with Gasteiger partial charge in [0.25, 0.3) is 0 Å². The smallest absolute Gasteiger partial charge is 0.240 e. The van der Waals surface area contributed by atoms with E-state index in [1.54, 1.807) is 6.92 Å². The fourth-order valence-corrected chi connectivity index (χ4v) is 3.83. The first-order chi connectivity index (χ1) is 9.40. The molecule has 0 heterocycles. The highest BCUT2D eigenvalue weighted by Gasteiger charge is 2.22. The largest absolute Gasteiger partial charge is 0.545 e. The Hall–Kier alpha value is -1.40.